The second kappa shape index (κ2) is 4.07. The Morgan fingerprint density at radius 3 is 3.00 bits per heavy atom. The highest BCUT2D eigenvalue weighted by Crippen LogP contribution is 2.45. The van der Waals surface area contributed by atoms with Crippen LogP contribution in [0.5, 0.6) is 0 Å². The van der Waals surface area contributed by atoms with Crippen LogP contribution in [0.15, 0.2) is 18.3 Å². The van der Waals surface area contributed by atoms with Crippen molar-refractivity contribution in [3.63, 3.8) is 0 Å². The van der Waals surface area contributed by atoms with Gasteiger partial charge in [0, 0.05) is 31.0 Å². The fourth-order valence-electron chi connectivity index (χ4n) is 3.36. The van der Waals surface area contributed by atoms with Crippen molar-refractivity contribution in [2.45, 2.75) is 49.7 Å². The Morgan fingerprint density at radius 1 is 1.53 bits per heavy atom. The zero-order valence-electron chi connectivity index (χ0n) is 10.4. The predicted octanol–water partition coefficient (Wildman–Crippen LogP) is 2.01. The predicted molar refractivity (Wildman–Crippen MR) is 66.9 cm³/mol. The Balaban J connectivity index is 1.87. The van der Waals surface area contributed by atoms with Crippen molar-refractivity contribution in [1.82, 2.24) is 4.98 Å². The summed E-state index contributed by atoms with van der Waals surface area (Å²) in [4.78, 5) is 4.53. The van der Waals surface area contributed by atoms with E-state index in [1.165, 1.54) is 17.7 Å². The van der Waals surface area contributed by atoms with E-state index in [4.69, 9.17) is 10.5 Å². The molecule has 17 heavy (non-hydrogen) atoms. The van der Waals surface area contributed by atoms with Crippen LogP contribution < -0.4 is 5.73 Å². The van der Waals surface area contributed by atoms with E-state index in [2.05, 4.69) is 11.1 Å². The summed E-state index contributed by atoms with van der Waals surface area (Å²) in [5, 5.41) is 0. The molecule has 0 aromatic carbocycles. The lowest BCUT2D eigenvalue weighted by Crippen LogP contribution is -2.56. The molecule has 1 aromatic rings. The number of fused-ring (bicyclic) bond motifs is 1. The molecule has 2 unspecified atom stereocenters. The van der Waals surface area contributed by atoms with Gasteiger partial charge in [0.25, 0.3) is 0 Å². The highest BCUT2D eigenvalue weighted by Gasteiger charge is 2.47. The van der Waals surface area contributed by atoms with Crippen LogP contribution in [0.2, 0.25) is 0 Å². The van der Waals surface area contributed by atoms with Crippen molar-refractivity contribution in [3.8, 4) is 0 Å². The van der Waals surface area contributed by atoms with E-state index in [9.17, 15) is 0 Å². The van der Waals surface area contributed by atoms with Crippen molar-refractivity contribution in [2.75, 3.05) is 7.11 Å². The van der Waals surface area contributed by atoms with Crippen LogP contribution in [0.25, 0.3) is 0 Å². The lowest BCUT2D eigenvalue weighted by atomic mass is 9.70. The van der Waals surface area contributed by atoms with Gasteiger partial charge in [0.2, 0.25) is 0 Å². The first-order valence-electron chi connectivity index (χ1n) is 6.51. The van der Waals surface area contributed by atoms with Gasteiger partial charge < -0.3 is 10.5 Å². The quantitative estimate of drug-likeness (QED) is 0.867. The third-order valence-electron chi connectivity index (χ3n) is 4.65. The monoisotopic (exact) mass is 232 g/mol. The van der Waals surface area contributed by atoms with Crippen LogP contribution in [0.1, 0.15) is 42.9 Å². The Hall–Kier alpha value is -0.930. The molecule has 0 saturated heterocycles. The smallest absolute Gasteiger partial charge is 0.0835 e. The summed E-state index contributed by atoms with van der Waals surface area (Å²) in [5.74, 6) is 0.381. The number of hydrogen-bond donors (Lipinski definition) is 1. The fraction of sp³-hybridized carbons (Fsp3) is 0.643. The molecule has 0 bridgehead atoms. The van der Waals surface area contributed by atoms with Gasteiger partial charge in [-0.15, -0.1) is 0 Å². The Kier molecular flexibility index (Phi) is 2.68. The summed E-state index contributed by atoms with van der Waals surface area (Å²) in [5.41, 5.74) is 8.99. The molecule has 0 radical (unpaired) electrons. The molecule has 2 aliphatic carbocycles. The van der Waals surface area contributed by atoms with Crippen LogP contribution in [0.3, 0.4) is 0 Å². The molecule has 3 nitrogen and oxygen atoms in total. The van der Waals surface area contributed by atoms with Gasteiger partial charge in [-0.25, -0.2) is 0 Å². The molecule has 1 saturated carbocycles. The van der Waals surface area contributed by atoms with Crippen LogP contribution >= 0.6 is 0 Å². The van der Waals surface area contributed by atoms with E-state index in [1.54, 1.807) is 7.11 Å². The largest absolute Gasteiger partial charge is 0.377 e. The molecule has 2 N–H and O–H groups in total. The molecule has 0 amide bonds. The van der Waals surface area contributed by atoms with Gasteiger partial charge in [-0.2, -0.15) is 0 Å². The van der Waals surface area contributed by atoms with Gasteiger partial charge >= 0.3 is 0 Å². The second-order valence-corrected chi connectivity index (χ2v) is 5.34. The van der Waals surface area contributed by atoms with E-state index in [-0.39, 0.29) is 11.6 Å². The van der Waals surface area contributed by atoms with Gasteiger partial charge in [0.1, 0.15) is 0 Å². The van der Waals surface area contributed by atoms with Crippen molar-refractivity contribution in [2.24, 2.45) is 5.73 Å². The maximum atomic E-state index is 6.48. The van der Waals surface area contributed by atoms with E-state index in [0.29, 0.717) is 5.92 Å². The summed E-state index contributed by atoms with van der Waals surface area (Å²) in [6, 6.07) is 4.29. The van der Waals surface area contributed by atoms with Crippen LogP contribution in [-0.4, -0.2) is 23.7 Å². The molecule has 2 aliphatic rings. The van der Waals surface area contributed by atoms with Crippen LogP contribution in [-0.2, 0) is 11.2 Å². The van der Waals surface area contributed by atoms with Gasteiger partial charge in [0.15, 0.2) is 0 Å². The molecule has 2 atom stereocenters. The van der Waals surface area contributed by atoms with Crippen molar-refractivity contribution < 1.29 is 4.74 Å². The molecule has 0 spiro atoms. The molecule has 1 heterocycles. The average Bonchev–Trinajstić information content (AvgIpc) is 2.71. The van der Waals surface area contributed by atoms with E-state index in [1.807, 2.05) is 12.3 Å². The van der Waals surface area contributed by atoms with Crippen molar-refractivity contribution in [3.05, 3.63) is 29.6 Å². The lowest BCUT2D eigenvalue weighted by molar-refractivity contribution is -0.0954. The Labute approximate surface area is 102 Å². The Morgan fingerprint density at radius 2 is 2.35 bits per heavy atom. The number of ether oxygens (including phenoxy) is 1. The van der Waals surface area contributed by atoms with Gasteiger partial charge in [-0.1, -0.05) is 6.07 Å². The minimum atomic E-state index is -0.0796. The first kappa shape index (κ1) is 11.2. The van der Waals surface area contributed by atoms with Crippen molar-refractivity contribution in [1.29, 1.82) is 0 Å². The number of hydrogen-bond acceptors (Lipinski definition) is 3. The minimum Gasteiger partial charge on any atom is -0.377 e. The summed E-state index contributed by atoms with van der Waals surface area (Å²) < 4.78 is 5.71. The summed E-state index contributed by atoms with van der Waals surface area (Å²) in [6.07, 6.45) is 7.56. The van der Waals surface area contributed by atoms with Gasteiger partial charge in [-0.3, -0.25) is 4.98 Å². The zero-order valence-corrected chi connectivity index (χ0v) is 10.4. The van der Waals surface area contributed by atoms with E-state index >= 15 is 0 Å². The lowest BCUT2D eigenvalue weighted by Gasteiger charge is -2.47. The maximum absolute atomic E-state index is 6.48. The maximum Gasteiger partial charge on any atom is 0.0835 e. The molecule has 0 aliphatic heterocycles. The van der Waals surface area contributed by atoms with Crippen LogP contribution in [0, 0.1) is 0 Å². The van der Waals surface area contributed by atoms with Crippen molar-refractivity contribution >= 4 is 0 Å². The number of aromatic nitrogens is 1. The Bertz CT molecular complexity index is 409. The summed E-state index contributed by atoms with van der Waals surface area (Å²) in [6.45, 7) is 0. The number of nitrogens with zero attached hydrogens (tertiary/aromatic N) is 1. The van der Waals surface area contributed by atoms with Crippen LogP contribution in [0.4, 0.5) is 0 Å². The van der Waals surface area contributed by atoms with E-state index < -0.39 is 0 Å². The fourth-order valence-corrected chi connectivity index (χ4v) is 3.36. The number of aryl methyl sites for hydroxylation is 1. The SMILES string of the molecule is COC1(C(N)C2CCc3cccnc32)CCC1. The highest BCUT2D eigenvalue weighted by molar-refractivity contribution is 5.31. The molecule has 1 aromatic heterocycles. The number of pyridine rings is 1. The third kappa shape index (κ3) is 1.60. The molecule has 92 valence electrons. The van der Waals surface area contributed by atoms with Gasteiger partial charge in [0.05, 0.1) is 5.60 Å². The highest BCUT2D eigenvalue weighted by atomic mass is 16.5. The molecule has 1 fully saturated rings. The second-order valence-electron chi connectivity index (χ2n) is 5.34. The number of methoxy groups -OCH3 is 1. The molecule has 3 rings (SSSR count). The zero-order chi connectivity index (χ0) is 11.9. The first-order valence-corrected chi connectivity index (χ1v) is 6.51. The molecular weight excluding hydrogens is 212 g/mol. The molecular formula is C14H20N2O. The van der Waals surface area contributed by atoms with E-state index in [0.717, 1.165) is 25.7 Å². The number of nitrogens with two attached hydrogens (primary N) is 1. The topological polar surface area (TPSA) is 48.1 Å². The molecule has 3 heteroatoms. The third-order valence-corrected chi connectivity index (χ3v) is 4.65. The van der Waals surface area contributed by atoms with Gasteiger partial charge in [-0.05, 0) is 43.7 Å². The normalized spacial score (nSPS) is 27.3. The summed E-state index contributed by atoms with van der Waals surface area (Å²) >= 11 is 0. The summed E-state index contributed by atoms with van der Waals surface area (Å²) in [7, 11) is 1.80. The average molecular weight is 232 g/mol. The standard InChI is InChI=1S/C14H20N2O/c1-17-14(7-3-8-14)13(15)11-6-5-10-4-2-9-16-12(10)11/h2,4,9,11,13H,3,5-8,15H2,1H3. The minimum absolute atomic E-state index is 0.0796. The first-order chi connectivity index (χ1) is 8.27. The number of rotatable bonds is 3.